The maximum absolute atomic E-state index is 13.1. The first kappa shape index (κ1) is 53.6. The van der Waals surface area contributed by atoms with Gasteiger partial charge in [-0.25, -0.2) is 19.2 Å². The van der Waals surface area contributed by atoms with Crippen molar-refractivity contribution in [2.24, 2.45) is 0 Å². The van der Waals surface area contributed by atoms with Gasteiger partial charge < -0.3 is 28.4 Å². The van der Waals surface area contributed by atoms with Gasteiger partial charge in [0.1, 0.15) is 34.5 Å². The number of carbonyl (C=O) groups is 4. The molecule has 6 rings (SSSR count). The maximum Gasteiger partial charge on any atom is 0.343 e. The summed E-state index contributed by atoms with van der Waals surface area (Å²) in [5, 5.41) is 0. The zero-order valence-electron chi connectivity index (χ0n) is 41.2. The monoisotopic (exact) mass is 970 g/mol. The molecule has 0 heterocycles. The molecule has 0 aliphatic rings. The molecule has 0 amide bonds. The lowest BCUT2D eigenvalue weighted by molar-refractivity contribution is 0.0720. The Labute approximate surface area is 424 Å². The minimum Gasteiger partial charge on any atom is -0.494 e. The van der Waals surface area contributed by atoms with E-state index in [9.17, 15) is 19.2 Å². The molecule has 10 heteroatoms. The van der Waals surface area contributed by atoms with E-state index in [-0.39, 0.29) is 22.6 Å². The van der Waals surface area contributed by atoms with Gasteiger partial charge in [-0.3, -0.25) is 0 Å². The molecule has 0 unspecified atom stereocenters. The second-order valence-electron chi connectivity index (χ2n) is 17.5. The second kappa shape index (κ2) is 30.1. The fourth-order valence-electron chi connectivity index (χ4n) is 7.74. The summed E-state index contributed by atoms with van der Waals surface area (Å²) in [7, 11) is 0. The van der Waals surface area contributed by atoms with E-state index in [1.54, 1.807) is 103 Å². The first-order valence-corrected chi connectivity index (χ1v) is 25.2. The highest BCUT2D eigenvalue weighted by Gasteiger charge is 2.15. The van der Waals surface area contributed by atoms with Crippen LogP contribution in [0.3, 0.4) is 0 Å². The van der Waals surface area contributed by atoms with Gasteiger partial charge in [0.15, 0.2) is 0 Å². The SMILES string of the molecule is C=CCCCCCCCCCOc1ccc(C(=O)Oc2ccc(C(=O)Oc3ccc(-c4cccc(OC(=O)c5ccc(OC(=O)c6ccc(OCCCCCCCCCC=C)cc6)cc5)c4)cc3)cc2)cc1. The molecular weight excluding hydrogens is 905 g/mol. The Kier molecular flexibility index (Phi) is 22.4. The van der Waals surface area contributed by atoms with Gasteiger partial charge in [-0.05, 0) is 171 Å². The molecule has 72 heavy (non-hydrogen) atoms. The maximum atomic E-state index is 13.1. The van der Waals surface area contributed by atoms with Crippen molar-refractivity contribution < 1.29 is 47.6 Å². The molecule has 6 aromatic carbocycles. The number of benzene rings is 6. The lowest BCUT2D eigenvalue weighted by Gasteiger charge is -2.10. The van der Waals surface area contributed by atoms with Crippen LogP contribution in [0.15, 0.2) is 171 Å². The molecule has 0 radical (unpaired) electrons. The molecule has 0 bridgehead atoms. The van der Waals surface area contributed by atoms with E-state index in [4.69, 9.17) is 28.4 Å². The van der Waals surface area contributed by atoms with Crippen molar-refractivity contribution in [2.75, 3.05) is 13.2 Å². The van der Waals surface area contributed by atoms with Gasteiger partial charge in [0.2, 0.25) is 0 Å². The lowest BCUT2D eigenvalue weighted by atomic mass is 10.1. The summed E-state index contributed by atoms with van der Waals surface area (Å²) < 4.78 is 34.1. The fourth-order valence-corrected chi connectivity index (χ4v) is 7.74. The minimum atomic E-state index is -0.582. The molecule has 10 nitrogen and oxygen atoms in total. The number of esters is 4. The number of hydrogen-bond donors (Lipinski definition) is 0. The first-order chi connectivity index (χ1) is 35.3. The van der Waals surface area contributed by atoms with Crippen LogP contribution < -0.4 is 28.4 Å². The third-order valence-electron chi connectivity index (χ3n) is 11.9. The first-order valence-electron chi connectivity index (χ1n) is 25.2. The number of rotatable bonds is 31. The predicted molar refractivity (Wildman–Crippen MR) is 283 cm³/mol. The Bertz CT molecular complexity index is 2620. The lowest BCUT2D eigenvalue weighted by Crippen LogP contribution is -2.10. The average molecular weight is 971 g/mol. The van der Waals surface area contributed by atoms with Gasteiger partial charge in [-0.1, -0.05) is 101 Å². The van der Waals surface area contributed by atoms with E-state index in [0.29, 0.717) is 47.3 Å². The van der Waals surface area contributed by atoms with Crippen LogP contribution in [0.25, 0.3) is 11.1 Å². The van der Waals surface area contributed by atoms with E-state index >= 15 is 0 Å². The van der Waals surface area contributed by atoms with E-state index in [0.717, 1.165) is 49.7 Å². The van der Waals surface area contributed by atoms with Gasteiger partial charge in [0.05, 0.1) is 35.5 Å². The highest BCUT2D eigenvalue weighted by atomic mass is 16.5. The van der Waals surface area contributed by atoms with E-state index in [1.165, 1.54) is 101 Å². The number of carbonyl (C=O) groups excluding carboxylic acids is 4. The highest BCUT2D eigenvalue weighted by molar-refractivity contribution is 5.94. The predicted octanol–water partition coefficient (Wildman–Crippen LogP) is 15.6. The van der Waals surface area contributed by atoms with E-state index in [1.807, 2.05) is 18.2 Å². The van der Waals surface area contributed by atoms with Crippen molar-refractivity contribution in [2.45, 2.75) is 103 Å². The van der Waals surface area contributed by atoms with Crippen LogP contribution in [-0.2, 0) is 0 Å². The molecular formula is C62H66O10. The number of unbranched alkanes of at least 4 members (excludes halogenated alkanes) is 14. The standard InChI is InChI=1S/C62H66O10/c1-3-5-7-9-11-13-15-17-19-44-67-53-34-26-48(27-35-53)59(63)70-56-40-30-50(31-41-56)61(65)69-55-38-24-47(25-39-55)52-22-21-23-58(46-52)72-62(66)51-32-42-57(43-33-51)71-60(64)49-28-36-54(37-29-49)68-45-20-18-16-14-12-10-8-6-4-2/h3-4,21-43,46H,1-2,5-20,44-45H2. The topological polar surface area (TPSA) is 124 Å². The summed E-state index contributed by atoms with van der Waals surface area (Å²) in [5.41, 5.74) is 2.88. The molecule has 6 aromatic rings. The normalized spacial score (nSPS) is 10.7. The third-order valence-corrected chi connectivity index (χ3v) is 11.9. The van der Waals surface area contributed by atoms with Gasteiger partial charge in [-0.2, -0.15) is 0 Å². The van der Waals surface area contributed by atoms with Crippen LogP contribution >= 0.6 is 0 Å². The van der Waals surface area contributed by atoms with Gasteiger partial charge in [0, 0.05) is 0 Å². The third kappa shape index (κ3) is 18.6. The molecule has 0 aromatic heterocycles. The van der Waals surface area contributed by atoms with Gasteiger partial charge in [0.25, 0.3) is 0 Å². The molecule has 0 spiro atoms. The van der Waals surface area contributed by atoms with Crippen LogP contribution in [0, 0.1) is 0 Å². The highest BCUT2D eigenvalue weighted by Crippen LogP contribution is 2.28. The van der Waals surface area contributed by atoms with E-state index in [2.05, 4.69) is 13.2 Å². The van der Waals surface area contributed by atoms with Crippen LogP contribution in [0.2, 0.25) is 0 Å². The smallest absolute Gasteiger partial charge is 0.343 e. The van der Waals surface area contributed by atoms with Crippen LogP contribution in [0.4, 0.5) is 0 Å². The molecule has 0 atom stereocenters. The minimum absolute atomic E-state index is 0.275. The Morgan fingerprint density at radius 3 is 0.986 bits per heavy atom. The fraction of sp³-hybridized carbons (Fsp3) is 0.290. The summed E-state index contributed by atoms with van der Waals surface area (Å²) >= 11 is 0. The number of allylic oxidation sites excluding steroid dienone is 2. The van der Waals surface area contributed by atoms with Crippen molar-refractivity contribution in [3.63, 3.8) is 0 Å². The van der Waals surface area contributed by atoms with Crippen molar-refractivity contribution >= 4 is 23.9 Å². The zero-order chi connectivity index (χ0) is 50.6. The van der Waals surface area contributed by atoms with Crippen LogP contribution in [-0.4, -0.2) is 37.1 Å². The van der Waals surface area contributed by atoms with Gasteiger partial charge >= 0.3 is 23.9 Å². The Morgan fingerprint density at radius 1 is 0.319 bits per heavy atom. The molecule has 0 aliphatic carbocycles. The molecule has 0 saturated heterocycles. The molecule has 0 saturated carbocycles. The average Bonchev–Trinajstić information content (AvgIpc) is 3.40. The second-order valence-corrected chi connectivity index (χ2v) is 17.5. The van der Waals surface area contributed by atoms with Crippen molar-refractivity contribution in [3.05, 3.63) is 193 Å². The molecule has 0 aliphatic heterocycles. The molecule has 0 fully saturated rings. The van der Waals surface area contributed by atoms with Gasteiger partial charge in [-0.15, -0.1) is 13.2 Å². The molecule has 374 valence electrons. The van der Waals surface area contributed by atoms with Crippen LogP contribution in [0.5, 0.6) is 34.5 Å². The summed E-state index contributed by atoms with van der Waals surface area (Å²) in [6, 6.07) is 40.0. The summed E-state index contributed by atoms with van der Waals surface area (Å²) in [4.78, 5) is 51.7. The summed E-state index contributed by atoms with van der Waals surface area (Å²) in [5.74, 6) is 0.414. The Hall–Kier alpha value is -7.72. The van der Waals surface area contributed by atoms with Crippen LogP contribution in [0.1, 0.15) is 144 Å². The summed E-state index contributed by atoms with van der Waals surface area (Å²) in [6.45, 7) is 8.80. The largest absolute Gasteiger partial charge is 0.494 e. The number of hydrogen-bond acceptors (Lipinski definition) is 10. The Morgan fingerprint density at radius 2 is 0.625 bits per heavy atom. The van der Waals surface area contributed by atoms with Crippen molar-refractivity contribution in [1.29, 1.82) is 0 Å². The Balaban J connectivity index is 0.886. The van der Waals surface area contributed by atoms with E-state index < -0.39 is 23.9 Å². The molecule has 0 N–H and O–H groups in total. The number of ether oxygens (including phenoxy) is 6. The summed E-state index contributed by atoms with van der Waals surface area (Å²) in [6.07, 6.45) is 22.8. The quantitative estimate of drug-likeness (QED) is 0.0180. The zero-order valence-corrected chi connectivity index (χ0v) is 41.2. The van der Waals surface area contributed by atoms with Crippen molar-refractivity contribution in [1.82, 2.24) is 0 Å². The van der Waals surface area contributed by atoms with Crippen molar-refractivity contribution in [3.8, 4) is 45.6 Å².